The quantitative estimate of drug-likeness (QED) is 0.798. The monoisotopic (exact) mass is 384 g/mol. The second-order valence-corrected chi connectivity index (χ2v) is 9.47. The number of anilines is 1. The predicted octanol–water partition coefficient (Wildman–Crippen LogP) is 4.43. The zero-order valence-electron chi connectivity index (χ0n) is 15.0. The molecular formula is C18H22F2N2O3S. The lowest BCUT2D eigenvalue weighted by Crippen LogP contribution is -2.28. The molecule has 0 amide bonds. The van der Waals surface area contributed by atoms with Crippen molar-refractivity contribution in [3.05, 3.63) is 48.2 Å². The predicted molar refractivity (Wildman–Crippen MR) is 96.3 cm³/mol. The van der Waals surface area contributed by atoms with Gasteiger partial charge in [-0.3, -0.25) is 0 Å². The van der Waals surface area contributed by atoms with Gasteiger partial charge in [0.25, 0.3) is 0 Å². The zero-order valence-corrected chi connectivity index (χ0v) is 15.8. The van der Waals surface area contributed by atoms with E-state index < -0.39 is 21.2 Å². The summed E-state index contributed by atoms with van der Waals surface area (Å²) in [6, 6.07) is 9.24. The van der Waals surface area contributed by atoms with E-state index in [2.05, 4.69) is 15.0 Å². The molecule has 26 heavy (non-hydrogen) atoms. The minimum atomic E-state index is -3.52. The minimum absolute atomic E-state index is 0.00975. The maximum absolute atomic E-state index is 12.4. The molecule has 0 bridgehead atoms. The number of nitrogens with zero attached hydrogens (tertiary/aromatic N) is 1. The Morgan fingerprint density at radius 1 is 1.15 bits per heavy atom. The number of aromatic nitrogens is 1. The van der Waals surface area contributed by atoms with E-state index >= 15 is 0 Å². The Morgan fingerprint density at radius 3 is 2.38 bits per heavy atom. The number of hydrogen-bond donors (Lipinski definition) is 1. The molecule has 1 aromatic carbocycles. The molecule has 8 heteroatoms. The van der Waals surface area contributed by atoms with Gasteiger partial charge in [0, 0.05) is 6.04 Å². The first kappa shape index (κ1) is 20.1. The van der Waals surface area contributed by atoms with Crippen LogP contribution >= 0.6 is 0 Å². The largest absolute Gasteiger partial charge is 0.435 e. The minimum Gasteiger partial charge on any atom is -0.435 e. The molecule has 0 spiro atoms. The van der Waals surface area contributed by atoms with E-state index in [1.54, 1.807) is 39.0 Å². The van der Waals surface area contributed by atoms with Gasteiger partial charge in [0.1, 0.15) is 5.75 Å². The molecule has 1 aromatic heterocycles. The highest BCUT2D eigenvalue weighted by Crippen LogP contribution is 2.26. The number of halogens is 2. The van der Waals surface area contributed by atoms with Crippen molar-refractivity contribution >= 4 is 15.5 Å². The highest BCUT2D eigenvalue weighted by Gasteiger charge is 2.31. The smallest absolute Gasteiger partial charge is 0.387 e. The van der Waals surface area contributed by atoms with Crippen LogP contribution in [-0.2, 0) is 9.84 Å². The third-order valence-corrected chi connectivity index (χ3v) is 6.19. The highest BCUT2D eigenvalue weighted by molar-refractivity contribution is 7.92. The van der Waals surface area contributed by atoms with Crippen LogP contribution in [0.25, 0.3) is 0 Å². The Kier molecular flexibility index (Phi) is 5.85. The Hall–Kier alpha value is -2.22. The lowest BCUT2D eigenvalue weighted by molar-refractivity contribution is -0.0498. The van der Waals surface area contributed by atoms with Gasteiger partial charge in [-0.15, -0.1) is 0 Å². The van der Waals surface area contributed by atoms with E-state index in [-0.39, 0.29) is 16.8 Å². The number of pyridine rings is 1. The molecule has 142 valence electrons. The van der Waals surface area contributed by atoms with Gasteiger partial charge in [-0.25, -0.2) is 13.4 Å². The maximum Gasteiger partial charge on any atom is 0.387 e. The van der Waals surface area contributed by atoms with Gasteiger partial charge in [0.05, 0.1) is 16.6 Å². The van der Waals surface area contributed by atoms with Gasteiger partial charge < -0.3 is 10.1 Å². The van der Waals surface area contributed by atoms with Crippen LogP contribution in [0.3, 0.4) is 0 Å². The summed E-state index contributed by atoms with van der Waals surface area (Å²) in [7, 11) is -3.52. The van der Waals surface area contributed by atoms with Crippen molar-refractivity contribution in [3.63, 3.8) is 0 Å². The van der Waals surface area contributed by atoms with Crippen LogP contribution in [0.5, 0.6) is 5.75 Å². The molecule has 1 heterocycles. The topological polar surface area (TPSA) is 68.3 Å². The van der Waals surface area contributed by atoms with Gasteiger partial charge >= 0.3 is 6.61 Å². The SMILES string of the molecule is CC(Nc1ccc(S(=O)(=O)C(C)(C)C)nc1)c1cccc(OC(F)F)c1. The van der Waals surface area contributed by atoms with Crippen molar-refractivity contribution < 1.29 is 21.9 Å². The van der Waals surface area contributed by atoms with Crippen LogP contribution in [0.2, 0.25) is 0 Å². The number of hydrogen-bond acceptors (Lipinski definition) is 5. The van der Waals surface area contributed by atoms with E-state index in [0.29, 0.717) is 5.69 Å². The van der Waals surface area contributed by atoms with E-state index in [1.807, 2.05) is 6.92 Å². The van der Waals surface area contributed by atoms with Gasteiger partial charge in [-0.1, -0.05) is 12.1 Å². The number of nitrogens with one attached hydrogen (secondary N) is 1. The Bertz CT molecular complexity index is 847. The van der Waals surface area contributed by atoms with Crippen molar-refractivity contribution in [2.75, 3.05) is 5.32 Å². The fourth-order valence-corrected chi connectivity index (χ4v) is 3.30. The average molecular weight is 384 g/mol. The van der Waals surface area contributed by atoms with Crippen LogP contribution in [0.15, 0.2) is 47.6 Å². The van der Waals surface area contributed by atoms with Crippen LogP contribution in [0.4, 0.5) is 14.5 Å². The lowest BCUT2D eigenvalue weighted by Gasteiger charge is -2.19. The number of ether oxygens (including phenoxy) is 1. The van der Waals surface area contributed by atoms with Crippen LogP contribution in [-0.4, -0.2) is 24.8 Å². The molecule has 2 rings (SSSR count). The summed E-state index contributed by atoms with van der Waals surface area (Å²) in [5, 5.41) is 3.17. The molecule has 1 N–H and O–H groups in total. The summed E-state index contributed by atoms with van der Waals surface area (Å²) in [6.07, 6.45) is 1.44. The fourth-order valence-electron chi connectivity index (χ4n) is 2.23. The van der Waals surface area contributed by atoms with Crippen LogP contribution in [0, 0.1) is 0 Å². The third-order valence-electron chi connectivity index (χ3n) is 3.78. The molecule has 1 unspecified atom stereocenters. The molecule has 0 aliphatic heterocycles. The van der Waals surface area contributed by atoms with Crippen molar-refractivity contribution in [2.45, 2.75) is 50.1 Å². The first-order valence-electron chi connectivity index (χ1n) is 8.03. The molecule has 0 saturated carbocycles. The third kappa shape index (κ3) is 4.69. The molecule has 1 atom stereocenters. The number of alkyl halides is 2. The Labute approximate surface area is 152 Å². The maximum atomic E-state index is 12.4. The summed E-state index contributed by atoms with van der Waals surface area (Å²) < 4.78 is 52.9. The normalized spacial score (nSPS) is 13.5. The highest BCUT2D eigenvalue weighted by atomic mass is 32.2. The molecule has 0 aliphatic rings. The fraction of sp³-hybridized carbons (Fsp3) is 0.389. The standard InChI is InChI=1S/C18H22F2N2O3S/c1-12(13-6-5-7-15(10-13)25-17(19)20)22-14-8-9-16(21-11-14)26(23,24)18(2,3)4/h5-12,17,22H,1-4H3. The Morgan fingerprint density at radius 2 is 1.85 bits per heavy atom. The van der Waals surface area contributed by atoms with E-state index in [9.17, 15) is 17.2 Å². The summed E-state index contributed by atoms with van der Waals surface area (Å²) in [6.45, 7) is 3.82. The van der Waals surface area contributed by atoms with E-state index in [4.69, 9.17) is 0 Å². The van der Waals surface area contributed by atoms with Gasteiger partial charge in [-0.2, -0.15) is 8.78 Å². The molecule has 0 saturated heterocycles. The van der Waals surface area contributed by atoms with Crippen LogP contribution < -0.4 is 10.1 Å². The van der Waals surface area contributed by atoms with Crippen LogP contribution in [0.1, 0.15) is 39.3 Å². The van der Waals surface area contributed by atoms with Gasteiger partial charge in [0.15, 0.2) is 14.9 Å². The average Bonchev–Trinajstić information content (AvgIpc) is 2.54. The first-order chi connectivity index (χ1) is 12.0. The van der Waals surface area contributed by atoms with E-state index in [0.717, 1.165) is 5.56 Å². The van der Waals surface area contributed by atoms with Crippen molar-refractivity contribution in [3.8, 4) is 5.75 Å². The van der Waals surface area contributed by atoms with Gasteiger partial charge in [0.2, 0.25) is 0 Å². The number of benzene rings is 1. The Balaban J connectivity index is 2.14. The van der Waals surface area contributed by atoms with E-state index in [1.165, 1.54) is 24.4 Å². The van der Waals surface area contributed by atoms with Crippen molar-refractivity contribution in [1.29, 1.82) is 0 Å². The summed E-state index contributed by atoms with van der Waals surface area (Å²) >= 11 is 0. The molecule has 0 radical (unpaired) electrons. The summed E-state index contributed by atoms with van der Waals surface area (Å²) in [4.78, 5) is 4.05. The molecule has 2 aromatic rings. The first-order valence-corrected chi connectivity index (χ1v) is 9.51. The van der Waals surface area contributed by atoms with Crippen molar-refractivity contribution in [1.82, 2.24) is 4.98 Å². The van der Waals surface area contributed by atoms with Crippen molar-refractivity contribution in [2.24, 2.45) is 0 Å². The molecule has 0 aliphatic carbocycles. The second-order valence-electron chi connectivity index (χ2n) is 6.82. The number of sulfone groups is 1. The second kappa shape index (κ2) is 7.57. The summed E-state index contributed by atoms with van der Waals surface area (Å²) in [5.74, 6) is 0.0795. The molecular weight excluding hydrogens is 362 g/mol. The lowest BCUT2D eigenvalue weighted by atomic mass is 10.1. The molecule has 0 fully saturated rings. The molecule has 5 nitrogen and oxygen atoms in total. The van der Waals surface area contributed by atoms with Gasteiger partial charge in [-0.05, 0) is 57.5 Å². The summed E-state index contributed by atoms with van der Waals surface area (Å²) in [5.41, 5.74) is 1.36. The zero-order chi connectivity index (χ0) is 19.5. The number of rotatable bonds is 6.